The summed E-state index contributed by atoms with van der Waals surface area (Å²) in [5, 5.41) is 0. The summed E-state index contributed by atoms with van der Waals surface area (Å²) in [6.45, 7) is 5.27. The standard InChI is InChI=1S/C11H15F2N3O/c1-11(2)6-17-4-3-16(11)10-8(13)5-7(12)9(14)15-10/h5H,3-4,6H2,1-2H3,(H2,14,15). The van der Waals surface area contributed by atoms with Crippen molar-refractivity contribution in [2.75, 3.05) is 30.4 Å². The molecule has 17 heavy (non-hydrogen) atoms. The second kappa shape index (κ2) is 4.10. The Hall–Kier alpha value is -1.43. The van der Waals surface area contributed by atoms with Gasteiger partial charge in [-0.3, -0.25) is 0 Å². The summed E-state index contributed by atoms with van der Waals surface area (Å²) in [5.41, 5.74) is 4.98. The number of anilines is 2. The molecule has 2 rings (SSSR count). The first-order chi connectivity index (χ1) is 7.92. The fraction of sp³-hybridized carbons (Fsp3) is 0.545. The van der Waals surface area contributed by atoms with Crippen LogP contribution in [-0.4, -0.2) is 30.3 Å². The third-order valence-corrected chi connectivity index (χ3v) is 2.84. The lowest BCUT2D eigenvalue weighted by Gasteiger charge is -2.43. The highest BCUT2D eigenvalue weighted by molar-refractivity contribution is 5.49. The van der Waals surface area contributed by atoms with E-state index in [4.69, 9.17) is 10.5 Å². The number of aromatic nitrogens is 1. The topological polar surface area (TPSA) is 51.4 Å². The Morgan fingerprint density at radius 2 is 2.12 bits per heavy atom. The van der Waals surface area contributed by atoms with Gasteiger partial charge in [-0.2, -0.15) is 0 Å². The van der Waals surface area contributed by atoms with E-state index in [-0.39, 0.29) is 11.6 Å². The average Bonchev–Trinajstić information content (AvgIpc) is 2.23. The molecule has 1 saturated heterocycles. The summed E-state index contributed by atoms with van der Waals surface area (Å²) in [6, 6.07) is 0.767. The van der Waals surface area contributed by atoms with E-state index in [9.17, 15) is 8.78 Å². The van der Waals surface area contributed by atoms with Gasteiger partial charge in [-0.05, 0) is 13.8 Å². The average molecular weight is 243 g/mol. The summed E-state index contributed by atoms with van der Waals surface area (Å²) < 4.78 is 32.1. The van der Waals surface area contributed by atoms with Crippen molar-refractivity contribution < 1.29 is 13.5 Å². The number of hydrogen-bond donors (Lipinski definition) is 1. The lowest BCUT2D eigenvalue weighted by atomic mass is 10.0. The molecule has 0 bridgehead atoms. The Kier molecular flexibility index (Phi) is 2.91. The van der Waals surface area contributed by atoms with Crippen LogP contribution in [0.1, 0.15) is 13.8 Å². The molecular formula is C11H15F2N3O. The van der Waals surface area contributed by atoms with Crippen molar-refractivity contribution >= 4 is 11.6 Å². The molecule has 6 heteroatoms. The molecule has 0 aromatic carbocycles. The third kappa shape index (κ3) is 2.17. The zero-order chi connectivity index (χ0) is 12.6. The van der Waals surface area contributed by atoms with E-state index >= 15 is 0 Å². The van der Waals surface area contributed by atoms with Gasteiger partial charge >= 0.3 is 0 Å². The van der Waals surface area contributed by atoms with Crippen LogP contribution in [-0.2, 0) is 4.74 Å². The normalized spacial score (nSPS) is 19.4. The molecule has 0 radical (unpaired) electrons. The molecule has 1 fully saturated rings. The minimum Gasteiger partial charge on any atom is -0.381 e. The molecule has 1 aromatic heterocycles. The number of halogens is 2. The molecule has 0 amide bonds. The van der Waals surface area contributed by atoms with Crippen LogP contribution in [0.4, 0.5) is 20.4 Å². The number of nitrogens with zero attached hydrogens (tertiary/aromatic N) is 2. The number of pyridine rings is 1. The lowest BCUT2D eigenvalue weighted by Crippen LogP contribution is -2.53. The Bertz CT molecular complexity index is 437. The SMILES string of the molecule is CC1(C)COCCN1c1nc(N)c(F)cc1F. The van der Waals surface area contributed by atoms with Crippen LogP contribution in [0.15, 0.2) is 6.07 Å². The maximum absolute atomic E-state index is 13.7. The van der Waals surface area contributed by atoms with Crippen LogP contribution in [0.3, 0.4) is 0 Å². The lowest BCUT2D eigenvalue weighted by molar-refractivity contribution is 0.0634. The monoisotopic (exact) mass is 243 g/mol. The molecule has 0 aliphatic carbocycles. The fourth-order valence-electron chi connectivity index (χ4n) is 1.91. The molecule has 1 aromatic rings. The Labute approximate surface area is 98.4 Å². The summed E-state index contributed by atoms with van der Waals surface area (Å²) in [4.78, 5) is 5.54. The molecule has 2 heterocycles. The minimum atomic E-state index is -0.836. The second-order valence-corrected chi connectivity index (χ2v) is 4.68. The largest absolute Gasteiger partial charge is 0.381 e. The number of hydrogen-bond acceptors (Lipinski definition) is 4. The maximum Gasteiger partial charge on any atom is 0.168 e. The molecule has 2 N–H and O–H groups in total. The molecule has 4 nitrogen and oxygen atoms in total. The minimum absolute atomic E-state index is 0.0807. The first kappa shape index (κ1) is 12.0. The Morgan fingerprint density at radius 3 is 2.76 bits per heavy atom. The van der Waals surface area contributed by atoms with E-state index in [1.165, 1.54) is 0 Å². The van der Waals surface area contributed by atoms with Gasteiger partial charge in [-0.15, -0.1) is 0 Å². The molecule has 1 aliphatic rings. The first-order valence-corrected chi connectivity index (χ1v) is 5.39. The molecule has 0 unspecified atom stereocenters. The van der Waals surface area contributed by atoms with Crippen molar-refractivity contribution in [3.63, 3.8) is 0 Å². The van der Waals surface area contributed by atoms with Crippen LogP contribution in [0.25, 0.3) is 0 Å². The van der Waals surface area contributed by atoms with Crippen molar-refractivity contribution in [3.05, 3.63) is 17.7 Å². The van der Waals surface area contributed by atoms with Gasteiger partial charge in [0, 0.05) is 12.6 Å². The molecule has 0 spiro atoms. The predicted molar refractivity (Wildman–Crippen MR) is 60.8 cm³/mol. The number of nitrogen functional groups attached to an aromatic ring is 1. The van der Waals surface area contributed by atoms with Gasteiger partial charge in [0.1, 0.15) is 0 Å². The van der Waals surface area contributed by atoms with Crippen molar-refractivity contribution in [2.24, 2.45) is 0 Å². The first-order valence-electron chi connectivity index (χ1n) is 5.39. The van der Waals surface area contributed by atoms with Gasteiger partial charge in [0.2, 0.25) is 0 Å². The smallest absolute Gasteiger partial charge is 0.168 e. The Balaban J connectivity index is 2.42. The van der Waals surface area contributed by atoms with Crippen LogP contribution < -0.4 is 10.6 Å². The number of morpholine rings is 1. The highest BCUT2D eigenvalue weighted by atomic mass is 19.1. The van der Waals surface area contributed by atoms with E-state index in [2.05, 4.69) is 4.98 Å². The van der Waals surface area contributed by atoms with E-state index < -0.39 is 17.2 Å². The van der Waals surface area contributed by atoms with E-state index in [0.717, 1.165) is 6.07 Å². The van der Waals surface area contributed by atoms with Crippen molar-refractivity contribution in [1.82, 2.24) is 4.98 Å². The van der Waals surface area contributed by atoms with Crippen molar-refractivity contribution in [3.8, 4) is 0 Å². The van der Waals surface area contributed by atoms with Crippen LogP contribution in [0.5, 0.6) is 0 Å². The zero-order valence-corrected chi connectivity index (χ0v) is 9.83. The summed E-state index contributed by atoms with van der Waals surface area (Å²) in [7, 11) is 0. The molecule has 0 atom stereocenters. The second-order valence-electron chi connectivity index (χ2n) is 4.68. The molecule has 94 valence electrons. The Morgan fingerprint density at radius 1 is 1.41 bits per heavy atom. The summed E-state index contributed by atoms with van der Waals surface area (Å²) >= 11 is 0. The number of ether oxygens (including phenoxy) is 1. The van der Waals surface area contributed by atoms with Gasteiger partial charge in [0.25, 0.3) is 0 Å². The third-order valence-electron chi connectivity index (χ3n) is 2.84. The number of nitrogens with two attached hydrogens (primary N) is 1. The number of rotatable bonds is 1. The van der Waals surface area contributed by atoms with Gasteiger partial charge < -0.3 is 15.4 Å². The van der Waals surface area contributed by atoms with E-state index in [0.29, 0.717) is 19.8 Å². The fourth-order valence-corrected chi connectivity index (χ4v) is 1.91. The van der Waals surface area contributed by atoms with Gasteiger partial charge in [-0.25, -0.2) is 13.8 Å². The highest BCUT2D eigenvalue weighted by Crippen LogP contribution is 2.29. The summed E-state index contributed by atoms with van der Waals surface area (Å²) in [6.07, 6.45) is 0. The van der Waals surface area contributed by atoms with Crippen LogP contribution >= 0.6 is 0 Å². The van der Waals surface area contributed by atoms with E-state index in [1.807, 2.05) is 13.8 Å². The molecule has 1 aliphatic heterocycles. The molecular weight excluding hydrogens is 228 g/mol. The highest BCUT2D eigenvalue weighted by Gasteiger charge is 2.33. The predicted octanol–water partition coefficient (Wildman–Crippen LogP) is 1.56. The summed E-state index contributed by atoms with van der Waals surface area (Å²) in [5.74, 6) is -1.75. The van der Waals surface area contributed by atoms with Crippen LogP contribution in [0, 0.1) is 11.6 Å². The quantitative estimate of drug-likeness (QED) is 0.813. The van der Waals surface area contributed by atoms with Gasteiger partial charge in [0.05, 0.1) is 18.8 Å². The van der Waals surface area contributed by atoms with Gasteiger partial charge in [0.15, 0.2) is 23.3 Å². The van der Waals surface area contributed by atoms with E-state index in [1.54, 1.807) is 4.90 Å². The zero-order valence-electron chi connectivity index (χ0n) is 9.83. The molecule has 0 saturated carbocycles. The van der Waals surface area contributed by atoms with Crippen molar-refractivity contribution in [1.29, 1.82) is 0 Å². The van der Waals surface area contributed by atoms with Crippen LogP contribution in [0.2, 0.25) is 0 Å². The van der Waals surface area contributed by atoms with Crippen molar-refractivity contribution in [2.45, 2.75) is 19.4 Å². The maximum atomic E-state index is 13.7. The van der Waals surface area contributed by atoms with Gasteiger partial charge in [-0.1, -0.05) is 0 Å².